The van der Waals surface area contributed by atoms with Crippen molar-refractivity contribution in [1.82, 2.24) is 19.9 Å². The summed E-state index contributed by atoms with van der Waals surface area (Å²) < 4.78 is 2.24. The number of rotatable bonds is 7. The van der Waals surface area contributed by atoms with Gasteiger partial charge in [-0.15, -0.1) is 0 Å². The van der Waals surface area contributed by atoms with E-state index in [2.05, 4.69) is 96.5 Å². The SMILES string of the molecule is CCc1nc2c(C)cc(C)nc2n1Cc1ccc(-c2cc(-c3ccccc3)ccc2CNC(C)=O)cc1. The van der Waals surface area contributed by atoms with E-state index in [-0.39, 0.29) is 5.91 Å². The highest BCUT2D eigenvalue weighted by Crippen LogP contribution is 2.30. The molecule has 0 aliphatic heterocycles. The summed E-state index contributed by atoms with van der Waals surface area (Å²) >= 11 is 0. The molecule has 1 amide bonds. The number of aryl methyl sites for hydroxylation is 3. The molecular weight excluding hydrogens is 456 g/mol. The third kappa shape index (κ3) is 5.17. The summed E-state index contributed by atoms with van der Waals surface area (Å²) in [7, 11) is 0. The van der Waals surface area contributed by atoms with Gasteiger partial charge in [-0.2, -0.15) is 0 Å². The molecule has 5 rings (SSSR count). The lowest BCUT2D eigenvalue weighted by molar-refractivity contribution is -0.119. The Bertz CT molecular complexity index is 1570. The summed E-state index contributed by atoms with van der Waals surface area (Å²) in [6.07, 6.45) is 0.853. The Morgan fingerprint density at radius 3 is 2.30 bits per heavy atom. The zero-order chi connectivity index (χ0) is 25.9. The molecule has 1 N–H and O–H groups in total. The molecule has 186 valence electrons. The molecule has 0 bridgehead atoms. The van der Waals surface area contributed by atoms with E-state index in [1.165, 1.54) is 11.1 Å². The number of carbonyl (C=O) groups excluding carboxylic acids is 1. The van der Waals surface area contributed by atoms with E-state index in [1.807, 2.05) is 13.0 Å². The number of hydrogen-bond donors (Lipinski definition) is 1. The maximum Gasteiger partial charge on any atom is 0.217 e. The number of fused-ring (bicyclic) bond motifs is 1. The van der Waals surface area contributed by atoms with Gasteiger partial charge in [-0.05, 0) is 64.9 Å². The van der Waals surface area contributed by atoms with E-state index in [0.29, 0.717) is 6.54 Å². The predicted octanol–water partition coefficient (Wildman–Crippen LogP) is 6.63. The van der Waals surface area contributed by atoms with Crippen molar-refractivity contribution in [1.29, 1.82) is 0 Å². The summed E-state index contributed by atoms with van der Waals surface area (Å²) in [5.41, 5.74) is 11.0. The van der Waals surface area contributed by atoms with E-state index >= 15 is 0 Å². The molecule has 0 unspecified atom stereocenters. The minimum Gasteiger partial charge on any atom is -0.352 e. The Kier molecular flexibility index (Phi) is 6.87. The van der Waals surface area contributed by atoms with Crippen LogP contribution in [-0.4, -0.2) is 20.4 Å². The molecule has 37 heavy (non-hydrogen) atoms. The highest BCUT2D eigenvalue weighted by Gasteiger charge is 2.14. The number of carbonyl (C=O) groups is 1. The number of amides is 1. The van der Waals surface area contributed by atoms with Gasteiger partial charge < -0.3 is 9.88 Å². The standard InChI is InChI=1S/C32H32N4O/c1-5-30-35-31-21(2)17-22(3)34-32(31)36(30)20-24-11-13-26(14-12-24)29-18-27(25-9-7-6-8-10-25)15-16-28(29)19-33-23(4)37/h6-18H,5,19-20H2,1-4H3,(H,33,37). The van der Waals surface area contributed by atoms with Crippen LogP contribution >= 0.6 is 0 Å². The van der Waals surface area contributed by atoms with Crippen molar-refractivity contribution in [2.75, 3.05) is 0 Å². The molecule has 5 nitrogen and oxygen atoms in total. The van der Waals surface area contributed by atoms with Crippen LogP contribution in [0.2, 0.25) is 0 Å². The van der Waals surface area contributed by atoms with E-state index in [0.717, 1.165) is 63.5 Å². The molecule has 3 aromatic carbocycles. The Morgan fingerprint density at radius 2 is 1.59 bits per heavy atom. The van der Waals surface area contributed by atoms with Crippen LogP contribution in [-0.2, 0) is 24.3 Å². The fourth-order valence-electron chi connectivity index (χ4n) is 4.89. The molecule has 2 aromatic heterocycles. The monoisotopic (exact) mass is 488 g/mol. The summed E-state index contributed by atoms with van der Waals surface area (Å²) in [5, 5.41) is 2.95. The molecule has 0 saturated heterocycles. The second-order valence-electron chi connectivity index (χ2n) is 9.57. The molecule has 0 radical (unpaired) electrons. The van der Waals surface area contributed by atoms with Gasteiger partial charge in [0.15, 0.2) is 5.65 Å². The molecule has 0 aliphatic rings. The van der Waals surface area contributed by atoms with Gasteiger partial charge in [0.2, 0.25) is 5.91 Å². The van der Waals surface area contributed by atoms with Crippen LogP contribution in [0.4, 0.5) is 0 Å². The van der Waals surface area contributed by atoms with Crippen molar-refractivity contribution < 1.29 is 4.79 Å². The fourth-order valence-corrected chi connectivity index (χ4v) is 4.89. The minimum atomic E-state index is -0.0354. The molecule has 2 heterocycles. The molecule has 5 heteroatoms. The molecular formula is C32H32N4O. The Morgan fingerprint density at radius 1 is 0.865 bits per heavy atom. The lowest BCUT2D eigenvalue weighted by Gasteiger charge is -2.14. The summed E-state index contributed by atoms with van der Waals surface area (Å²) in [5.74, 6) is 1.01. The first-order valence-corrected chi connectivity index (χ1v) is 12.8. The van der Waals surface area contributed by atoms with Crippen molar-refractivity contribution in [2.45, 2.75) is 47.2 Å². The van der Waals surface area contributed by atoms with E-state index in [4.69, 9.17) is 9.97 Å². The van der Waals surface area contributed by atoms with E-state index < -0.39 is 0 Å². The van der Waals surface area contributed by atoms with Gasteiger partial charge in [-0.1, -0.05) is 73.7 Å². The molecule has 0 fully saturated rings. The van der Waals surface area contributed by atoms with Crippen LogP contribution in [0, 0.1) is 13.8 Å². The maximum atomic E-state index is 11.6. The second-order valence-corrected chi connectivity index (χ2v) is 9.57. The van der Waals surface area contributed by atoms with Gasteiger partial charge in [0, 0.05) is 25.6 Å². The highest BCUT2D eigenvalue weighted by atomic mass is 16.1. The predicted molar refractivity (Wildman–Crippen MR) is 150 cm³/mol. The quantitative estimate of drug-likeness (QED) is 0.280. The first kappa shape index (κ1) is 24.4. The number of hydrogen-bond acceptors (Lipinski definition) is 3. The molecule has 0 atom stereocenters. The average molecular weight is 489 g/mol. The van der Waals surface area contributed by atoms with Crippen LogP contribution in [0.5, 0.6) is 0 Å². The van der Waals surface area contributed by atoms with Crippen LogP contribution < -0.4 is 5.32 Å². The normalized spacial score (nSPS) is 11.1. The minimum absolute atomic E-state index is 0.0354. The van der Waals surface area contributed by atoms with Crippen molar-refractivity contribution in [3.05, 3.63) is 107 Å². The first-order chi connectivity index (χ1) is 17.9. The zero-order valence-electron chi connectivity index (χ0n) is 21.9. The smallest absolute Gasteiger partial charge is 0.217 e. The number of pyridine rings is 1. The van der Waals surface area contributed by atoms with Crippen LogP contribution in [0.3, 0.4) is 0 Å². The van der Waals surface area contributed by atoms with Gasteiger partial charge in [-0.3, -0.25) is 4.79 Å². The number of imidazole rings is 1. The first-order valence-electron chi connectivity index (χ1n) is 12.8. The van der Waals surface area contributed by atoms with Crippen molar-refractivity contribution >= 4 is 17.1 Å². The number of nitrogens with one attached hydrogen (secondary N) is 1. The van der Waals surface area contributed by atoms with Gasteiger partial charge in [-0.25, -0.2) is 9.97 Å². The Labute approximate surface area is 218 Å². The molecule has 0 saturated carbocycles. The lowest BCUT2D eigenvalue weighted by Crippen LogP contribution is -2.19. The summed E-state index contributed by atoms with van der Waals surface area (Å²) in [6.45, 7) is 9.04. The zero-order valence-corrected chi connectivity index (χ0v) is 21.9. The Hall–Kier alpha value is -4.25. The number of benzene rings is 3. The maximum absolute atomic E-state index is 11.6. The number of nitrogens with zero attached hydrogens (tertiary/aromatic N) is 3. The summed E-state index contributed by atoms with van der Waals surface area (Å²) in [4.78, 5) is 21.3. The van der Waals surface area contributed by atoms with Gasteiger partial charge in [0.25, 0.3) is 0 Å². The van der Waals surface area contributed by atoms with E-state index in [1.54, 1.807) is 6.92 Å². The fraction of sp³-hybridized carbons (Fsp3) is 0.219. The van der Waals surface area contributed by atoms with Crippen LogP contribution in [0.15, 0.2) is 78.9 Å². The average Bonchev–Trinajstić information content (AvgIpc) is 3.26. The lowest BCUT2D eigenvalue weighted by atomic mass is 9.94. The molecule has 0 spiro atoms. The van der Waals surface area contributed by atoms with Crippen molar-refractivity contribution in [2.24, 2.45) is 0 Å². The summed E-state index contributed by atoms with van der Waals surface area (Å²) in [6, 6.07) is 27.6. The topological polar surface area (TPSA) is 59.8 Å². The highest BCUT2D eigenvalue weighted by molar-refractivity contribution is 5.78. The molecule has 5 aromatic rings. The van der Waals surface area contributed by atoms with Crippen LogP contribution in [0.25, 0.3) is 33.4 Å². The van der Waals surface area contributed by atoms with Crippen molar-refractivity contribution in [3.8, 4) is 22.3 Å². The van der Waals surface area contributed by atoms with E-state index in [9.17, 15) is 4.79 Å². The third-order valence-electron chi connectivity index (χ3n) is 6.77. The largest absolute Gasteiger partial charge is 0.352 e. The van der Waals surface area contributed by atoms with Crippen molar-refractivity contribution in [3.63, 3.8) is 0 Å². The van der Waals surface area contributed by atoms with Gasteiger partial charge in [0.1, 0.15) is 11.3 Å². The second kappa shape index (κ2) is 10.4. The Balaban J connectivity index is 1.50. The number of aromatic nitrogens is 3. The van der Waals surface area contributed by atoms with Gasteiger partial charge in [0.05, 0.1) is 6.54 Å². The van der Waals surface area contributed by atoms with Crippen LogP contribution in [0.1, 0.15) is 42.1 Å². The third-order valence-corrected chi connectivity index (χ3v) is 6.77. The molecule has 0 aliphatic carbocycles. The van der Waals surface area contributed by atoms with Gasteiger partial charge >= 0.3 is 0 Å².